The van der Waals surface area contributed by atoms with E-state index < -0.39 is 58.5 Å². The van der Waals surface area contributed by atoms with E-state index in [1.165, 1.54) is 6.92 Å². The van der Waals surface area contributed by atoms with Gasteiger partial charge in [-0.1, -0.05) is 54.0 Å². The van der Waals surface area contributed by atoms with Crippen molar-refractivity contribution < 1.29 is 49.3 Å². The van der Waals surface area contributed by atoms with Gasteiger partial charge >= 0.3 is 12.5 Å². The van der Waals surface area contributed by atoms with E-state index in [0.717, 1.165) is 0 Å². The largest absolute Gasteiger partial charge is 0.573 e. The first-order valence-corrected chi connectivity index (χ1v) is 11.3. The van der Waals surface area contributed by atoms with E-state index >= 15 is 0 Å². The van der Waals surface area contributed by atoms with Crippen molar-refractivity contribution >= 4 is 0 Å². The summed E-state index contributed by atoms with van der Waals surface area (Å²) in [5.41, 5.74) is -1.69. The zero-order chi connectivity index (χ0) is 29.3. The molecule has 0 N–H and O–H groups in total. The summed E-state index contributed by atoms with van der Waals surface area (Å²) in [6.45, 7) is 21.2. The summed E-state index contributed by atoms with van der Waals surface area (Å²) in [5.74, 6) is -9.54. The first-order valence-electron chi connectivity index (χ1n) is 11.3. The minimum Gasteiger partial charge on any atom is -0.430 e. The Morgan fingerprint density at radius 3 is 1.81 bits per heavy atom. The molecular formula is C26H34F8O3. The van der Waals surface area contributed by atoms with E-state index in [-0.39, 0.29) is 24.5 Å². The average molecular weight is 547 g/mol. The number of halogens is 8. The predicted octanol–water partition coefficient (Wildman–Crippen LogP) is 9.39. The molecule has 37 heavy (non-hydrogen) atoms. The van der Waals surface area contributed by atoms with Crippen LogP contribution in [0.15, 0.2) is 72.5 Å². The van der Waals surface area contributed by atoms with E-state index in [9.17, 15) is 35.1 Å². The molecule has 3 nitrogen and oxygen atoms in total. The zero-order valence-corrected chi connectivity index (χ0v) is 21.6. The van der Waals surface area contributed by atoms with E-state index in [4.69, 9.17) is 4.74 Å². The van der Waals surface area contributed by atoms with Crippen LogP contribution in [0.1, 0.15) is 47.5 Å². The van der Waals surface area contributed by atoms with Crippen LogP contribution in [0.25, 0.3) is 0 Å². The van der Waals surface area contributed by atoms with Crippen LogP contribution in [0, 0.1) is 17.8 Å². The van der Waals surface area contributed by atoms with Gasteiger partial charge in [-0.05, 0) is 43.3 Å². The summed E-state index contributed by atoms with van der Waals surface area (Å²) in [7, 11) is 0. The maximum absolute atomic E-state index is 14.5. The van der Waals surface area contributed by atoms with Gasteiger partial charge in [0.25, 0.3) is 0 Å². The first-order chi connectivity index (χ1) is 16.7. The summed E-state index contributed by atoms with van der Waals surface area (Å²) in [5, 5.41) is 0. The van der Waals surface area contributed by atoms with Crippen molar-refractivity contribution in [2.24, 2.45) is 17.8 Å². The predicted molar refractivity (Wildman–Crippen MR) is 126 cm³/mol. The molecule has 3 unspecified atom stereocenters. The summed E-state index contributed by atoms with van der Waals surface area (Å²) < 4.78 is 121. The number of allylic oxidation sites excluding steroid dienone is 6. The second-order valence-corrected chi connectivity index (χ2v) is 9.07. The highest BCUT2D eigenvalue weighted by atomic mass is 19.4. The molecule has 0 bridgehead atoms. The standard InChI is InChI=1S/C26H34F8O3/c1-14(2)13-35-19(7)15(3)10-11-17(5)25(30,31)36-21(9)24(29)23(28)18(6)16(4)12-22(27)20(8)37-26(32,33)34/h12,14-15,17,19H,4,6,8-11,13H2,1-3,5,7H3/b22-12+,24-23-. The lowest BCUT2D eigenvalue weighted by molar-refractivity contribution is -0.304. The van der Waals surface area contributed by atoms with Crippen LogP contribution in [0.5, 0.6) is 0 Å². The van der Waals surface area contributed by atoms with Crippen LogP contribution in [-0.2, 0) is 14.2 Å². The zero-order valence-electron chi connectivity index (χ0n) is 21.6. The van der Waals surface area contributed by atoms with Gasteiger partial charge in [0.2, 0.25) is 5.83 Å². The lowest BCUT2D eigenvalue weighted by atomic mass is 9.94. The van der Waals surface area contributed by atoms with Crippen molar-refractivity contribution in [1.29, 1.82) is 0 Å². The first kappa shape index (κ1) is 34.4. The molecule has 0 aliphatic heterocycles. The van der Waals surface area contributed by atoms with Gasteiger partial charge in [-0.2, -0.15) is 13.2 Å². The third-order valence-electron chi connectivity index (χ3n) is 5.28. The van der Waals surface area contributed by atoms with Gasteiger partial charge in [0.1, 0.15) is 0 Å². The van der Waals surface area contributed by atoms with Crippen LogP contribution in [-0.4, -0.2) is 25.2 Å². The van der Waals surface area contributed by atoms with E-state index in [1.807, 2.05) is 27.7 Å². The molecule has 0 fully saturated rings. The highest BCUT2D eigenvalue weighted by molar-refractivity contribution is 5.50. The molecule has 0 saturated carbocycles. The molecule has 0 heterocycles. The second kappa shape index (κ2) is 14.4. The second-order valence-electron chi connectivity index (χ2n) is 9.07. The molecule has 0 rings (SSSR count). The van der Waals surface area contributed by atoms with Gasteiger partial charge in [0.15, 0.2) is 23.2 Å². The minimum absolute atomic E-state index is 0.0257. The lowest BCUT2D eigenvalue weighted by Gasteiger charge is -2.27. The van der Waals surface area contributed by atoms with Crippen molar-refractivity contribution in [1.82, 2.24) is 0 Å². The number of alkyl halides is 5. The number of ether oxygens (including phenoxy) is 3. The van der Waals surface area contributed by atoms with Crippen LogP contribution in [0.3, 0.4) is 0 Å². The van der Waals surface area contributed by atoms with Gasteiger partial charge in [-0.25, -0.2) is 8.78 Å². The average Bonchev–Trinajstić information content (AvgIpc) is 2.77. The number of hydrogen-bond donors (Lipinski definition) is 0. The highest BCUT2D eigenvalue weighted by Gasteiger charge is 2.40. The molecule has 3 atom stereocenters. The fourth-order valence-electron chi connectivity index (χ4n) is 2.64. The molecular weight excluding hydrogens is 512 g/mol. The number of hydrogen-bond acceptors (Lipinski definition) is 3. The van der Waals surface area contributed by atoms with Crippen LogP contribution in [0.4, 0.5) is 35.1 Å². The fourth-order valence-corrected chi connectivity index (χ4v) is 2.64. The SMILES string of the molecule is C=C(/C=C(/F)C(=C)OC(F)(F)F)C(=C)/C(F)=C(/F)C(=C)OC(F)(F)C(C)CCC(C)C(C)OCC(C)C. The smallest absolute Gasteiger partial charge is 0.430 e. The third-order valence-corrected chi connectivity index (χ3v) is 5.28. The quantitative estimate of drug-likeness (QED) is 0.110. The Hall–Kier alpha value is -2.56. The molecule has 11 heteroatoms. The Labute approximate surface area is 212 Å². The Morgan fingerprint density at radius 1 is 0.784 bits per heavy atom. The topological polar surface area (TPSA) is 27.7 Å². The molecule has 0 aromatic heterocycles. The Kier molecular flexibility index (Phi) is 13.4. The summed E-state index contributed by atoms with van der Waals surface area (Å²) in [6.07, 6.45) is -8.78. The van der Waals surface area contributed by atoms with Gasteiger partial charge in [-0.15, -0.1) is 13.2 Å². The Bertz CT molecular complexity index is 900. The van der Waals surface area contributed by atoms with E-state index in [2.05, 4.69) is 35.8 Å². The van der Waals surface area contributed by atoms with E-state index in [1.54, 1.807) is 0 Å². The van der Waals surface area contributed by atoms with Crippen LogP contribution in [0.2, 0.25) is 0 Å². The monoisotopic (exact) mass is 546 g/mol. The Balaban J connectivity index is 5.24. The molecule has 0 radical (unpaired) electrons. The normalized spacial score (nSPS) is 16.0. The molecule has 212 valence electrons. The van der Waals surface area contributed by atoms with Crippen molar-refractivity contribution in [3.63, 3.8) is 0 Å². The van der Waals surface area contributed by atoms with Crippen LogP contribution >= 0.6 is 0 Å². The van der Waals surface area contributed by atoms with Gasteiger partial charge in [0.05, 0.1) is 12.0 Å². The lowest BCUT2D eigenvalue weighted by Crippen LogP contribution is -2.30. The summed E-state index contributed by atoms with van der Waals surface area (Å²) >= 11 is 0. The molecule has 0 aliphatic rings. The molecule has 0 aliphatic carbocycles. The highest BCUT2D eigenvalue weighted by Crippen LogP contribution is 2.36. The van der Waals surface area contributed by atoms with Gasteiger partial charge in [-0.3, -0.25) is 0 Å². The van der Waals surface area contributed by atoms with Crippen LogP contribution < -0.4 is 0 Å². The van der Waals surface area contributed by atoms with Gasteiger partial charge in [0, 0.05) is 12.2 Å². The maximum atomic E-state index is 14.5. The van der Waals surface area contributed by atoms with Crippen molar-refractivity contribution in [2.45, 2.75) is 66.0 Å². The maximum Gasteiger partial charge on any atom is 0.573 e. The minimum atomic E-state index is -5.24. The molecule has 0 saturated heterocycles. The molecule has 0 spiro atoms. The number of rotatable bonds is 16. The summed E-state index contributed by atoms with van der Waals surface area (Å²) in [4.78, 5) is 0. The van der Waals surface area contributed by atoms with Crippen molar-refractivity contribution in [2.75, 3.05) is 6.61 Å². The van der Waals surface area contributed by atoms with Crippen molar-refractivity contribution in [3.05, 3.63) is 72.5 Å². The fraction of sp³-hybridized carbons (Fsp3) is 0.538. The van der Waals surface area contributed by atoms with E-state index in [0.29, 0.717) is 18.9 Å². The Morgan fingerprint density at radius 2 is 1.32 bits per heavy atom. The summed E-state index contributed by atoms with van der Waals surface area (Å²) in [6, 6.07) is 0. The van der Waals surface area contributed by atoms with Crippen molar-refractivity contribution in [3.8, 4) is 0 Å². The van der Waals surface area contributed by atoms with Gasteiger partial charge < -0.3 is 14.2 Å². The molecule has 0 amide bonds. The third kappa shape index (κ3) is 12.5. The molecule has 0 aromatic rings. The molecule has 0 aromatic carbocycles.